The van der Waals surface area contributed by atoms with E-state index in [4.69, 9.17) is 42.6 Å². The highest BCUT2D eigenvalue weighted by molar-refractivity contribution is 7.98. The summed E-state index contributed by atoms with van der Waals surface area (Å²) < 4.78 is 12.9. The standard InChI is InChI=1S/C23H21Cl2N5O2S/c1-31-16-7-17(32-2)20(25)18(19(16)24)15-6-13-8-26-23(33-3)29-21(13)22(28-15)14-9-27-30(11-14)10-12-4-5-12/h6-9,11-12H,4-5,10H2,1-3H3. The number of aromatic nitrogens is 5. The predicted molar refractivity (Wildman–Crippen MR) is 132 cm³/mol. The fourth-order valence-electron chi connectivity index (χ4n) is 3.71. The van der Waals surface area contributed by atoms with Crippen molar-refractivity contribution < 1.29 is 9.47 Å². The average molecular weight is 502 g/mol. The smallest absolute Gasteiger partial charge is 0.187 e. The highest BCUT2D eigenvalue weighted by atomic mass is 35.5. The Morgan fingerprint density at radius 1 is 1.06 bits per heavy atom. The van der Waals surface area contributed by atoms with Gasteiger partial charge in [0.1, 0.15) is 22.7 Å². The number of nitrogens with zero attached hydrogens (tertiary/aromatic N) is 5. The Hall–Kier alpha value is -2.55. The molecule has 1 fully saturated rings. The Kier molecular flexibility index (Phi) is 6.07. The van der Waals surface area contributed by atoms with Gasteiger partial charge in [0.05, 0.1) is 36.2 Å². The number of fused-ring (bicyclic) bond motifs is 1. The summed E-state index contributed by atoms with van der Waals surface area (Å²) in [6.45, 7) is 0.910. The Balaban J connectivity index is 1.74. The van der Waals surface area contributed by atoms with Gasteiger partial charge in [-0.25, -0.2) is 15.0 Å². The Labute approximate surface area is 205 Å². The summed E-state index contributed by atoms with van der Waals surface area (Å²) in [5.74, 6) is 1.60. The molecule has 33 heavy (non-hydrogen) atoms. The highest BCUT2D eigenvalue weighted by Gasteiger charge is 2.24. The minimum Gasteiger partial charge on any atom is -0.495 e. The molecule has 1 aliphatic rings. The van der Waals surface area contributed by atoms with Gasteiger partial charge in [-0.2, -0.15) is 5.10 Å². The molecular weight excluding hydrogens is 481 g/mol. The van der Waals surface area contributed by atoms with E-state index in [0.29, 0.717) is 49.6 Å². The van der Waals surface area contributed by atoms with Crippen LogP contribution in [0.4, 0.5) is 0 Å². The van der Waals surface area contributed by atoms with E-state index in [2.05, 4.69) is 10.1 Å². The fourth-order valence-corrected chi connectivity index (χ4v) is 4.75. The first-order chi connectivity index (χ1) is 16.0. The Morgan fingerprint density at radius 3 is 2.42 bits per heavy atom. The lowest BCUT2D eigenvalue weighted by Crippen LogP contribution is -1.99. The minimum atomic E-state index is 0.354. The van der Waals surface area contributed by atoms with Crippen molar-refractivity contribution in [1.82, 2.24) is 24.7 Å². The normalized spacial score (nSPS) is 13.5. The fraction of sp³-hybridized carbons (Fsp3) is 0.304. The van der Waals surface area contributed by atoms with Gasteiger partial charge in [-0.15, -0.1) is 0 Å². The maximum atomic E-state index is 6.69. The molecule has 3 aromatic heterocycles. The van der Waals surface area contributed by atoms with Gasteiger partial charge in [0, 0.05) is 41.5 Å². The molecule has 0 bridgehead atoms. The first-order valence-corrected chi connectivity index (χ1v) is 12.4. The van der Waals surface area contributed by atoms with Crippen molar-refractivity contribution >= 4 is 45.9 Å². The van der Waals surface area contributed by atoms with Crippen LogP contribution in [0.5, 0.6) is 11.5 Å². The van der Waals surface area contributed by atoms with Crippen LogP contribution in [0.2, 0.25) is 10.0 Å². The molecule has 0 saturated heterocycles. The third-order valence-electron chi connectivity index (χ3n) is 5.60. The molecule has 4 aromatic rings. The van der Waals surface area contributed by atoms with Gasteiger partial charge in [0.15, 0.2) is 5.16 Å². The summed E-state index contributed by atoms with van der Waals surface area (Å²) in [5.41, 5.74) is 3.40. The quantitative estimate of drug-likeness (QED) is 0.226. The van der Waals surface area contributed by atoms with Crippen LogP contribution in [0.25, 0.3) is 33.4 Å². The maximum Gasteiger partial charge on any atom is 0.187 e. The molecule has 1 aliphatic carbocycles. The average Bonchev–Trinajstić information content (AvgIpc) is 3.52. The molecule has 1 saturated carbocycles. The third-order valence-corrected chi connectivity index (χ3v) is 6.92. The maximum absolute atomic E-state index is 6.69. The summed E-state index contributed by atoms with van der Waals surface area (Å²) in [4.78, 5) is 14.1. The van der Waals surface area contributed by atoms with Crippen LogP contribution in [0, 0.1) is 5.92 Å². The zero-order valence-corrected chi connectivity index (χ0v) is 20.6. The number of thioether (sulfide) groups is 1. The molecule has 0 unspecified atom stereocenters. The van der Waals surface area contributed by atoms with Crippen molar-refractivity contribution in [2.75, 3.05) is 20.5 Å². The van der Waals surface area contributed by atoms with Crippen LogP contribution < -0.4 is 9.47 Å². The number of benzene rings is 1. The lowest BCUT2D eigenvalue weighted by molar-refractivity contribution is 0.395. The van der Waals surface area contributed by atoms with E-state index in [9.17, 15) is 0 Å². The second kappa shape index (κ2) is 9.00. The molecule has 0 atom stereocenters. The first-order valence-electron chi connectivity index (χ1n) is 10.4. The largest absolute Gasteiger partial charge is 0.495 e. The van der Waals surface area contributed by atoms with Gasteiger partial charge in [0.2, 0.25) is 0 Å². The van der Waals surface area contributed by atoms with Gasteiger partial charge in [-0.1, -0.05) is 35.0 Å². The number of methoxy groups -OCH3 is 2. The van der Waals surface area contributed by atoms with E-state index in [-0.39, 0.29) is 0 Å². The van der Waals surface area contributed by atoms with Gasteiger partial charge in [0.25, 0.3) is 0 Å². The van der Waals surface area contributed by atoms with Crippen LogP contribution in [-0.2, 0) is 6.54 Å². The Morgan fingerprint density at radius 2 is 1.79 bits per heavy atom. The van der Waals surface area contributed by atoms with Gasteiger partial charge in [-0.05, 0) is 31.1 Å². The number of hydrogen-bond donors (Lipinski definition) is 0. The van der Waals surface area contributed by atoms with Crippen molar-refractivity contribution in [3.8, 4) is 34.0 Å². The van der Waals surface area contributed by atoms with Crippen molar-refractivity contribution in [3.05, 3.63) is 40.8 Å². The summed E-state index contributed by atoms with van der Waals surface area (Å²) in [6, 6.07) is 3.54. The molecule has 1 aromatic carbocycles. The monoisotopic (exact) mass is 501 g/mol. The highest BCUT2D eigenvalue weighted by Crippen LogP contribution is 2.46. The lowest BCUT2D eigenvalue weighted by Gasteiger charge is -2.15. The molecule has 5 rings (SSSR count). The van der Waals surface area contributed by atoms with Crippen LogP contribution in [0.15, 0.2) is 35.9 Å². The van der Waals surface area contributed by atoms with E-state index < -0.39 is 0 Å². The molecule has 0 N–H and O–H groups in total. The van der Waals surface area contributed by atoms with Gasteiger partial charge < -0.3 is 9.47 Å². The molecular formula is C23H21Cl2N5O2S. The molecule has 170 valence electrons. The van der Waals surface area contributed by atoms with E-state index in [0.717, 1.165) is 23.0 Å². The molecule has 10 heteroatoms. The zero-order chi connectivity index (χ0) is 23.1. The van der Waals surface area contributed by atoms with Crippen molar-refractivity contribution in [2.24, 2.45) is 5.92 Å². The SMILES string of the molecule is COc1cc(OC)c(Cl)c(-c2cc3cnc(SC)nc3c(-c3cnn(CC4CC4)c3)n2)c1Cl. The summed E-state index contributed by atoms with van der Waals surface area (Å²) in [5, 5.41) is 6.74. The predicted octanol–water partition coefficient (Wildman–Crippen LogP) is 6.01. The van der Waals surface area contributed by atoms with Crippen LogP contribution in [0.1, 0.15) is 12.8 Å². The second-order valence-electron chi connectivity index (χ2n) is 7.83. The summed E-state index contributed by atoms with van der Waals surface area (Å²) >= 11 is 14.9. The molecule has 0 amide bonds. The summed E-state index contributed by atoms with van der Waals surface area (Å²) in [6.07, 6.45) is 10.1. The van der Waals surface area contributed by atoms with Crippen molar-refractivity contribution in [1.29, 1.82) is 0 Å². The van der Waals surface area contributed by atoms with E-state index >= 15 is 0 Å². The van der Waals surface area contributed by atoms with E-state index in [1.807, 2.05) is 29.4 Å². The topological polar surface area (TPSA) is 75.0 Å². The second-order valence-corrected chi connectivity index (χ2v) is 9.36. The number of pyridine rings is 1. The Bertz CT molecular complexity index is 1330. The number of halogens is 2. The van der Waals surface area contributed by atoms with Crippen LogP contribution >= 0.6 is 35.0 Å². The van der Waals surface area contributed by atoms with E-state index in [1.54, 1.807) is 26.5 Å². The first kappa shape index (κ1) is 22.3. The van der Waals surface area contributed by atoms with Crippen molar-refractivity contribution in [3.63, 3.8) is 0 Å². The van der Waals surface area contributed by atoms with Crippen LogP contribution in [-0.4, -0.2) is 45.2 Å². The molecule has 0 aliphatic heterocycles. The van der Waals surface area contributed by atoms with E-state index in [1.165, 1.54) is 24.6 Å². The molecule has 0 spiro atoms. The zero-order valence-electron chi connectivity index (χ0n) is 18.3. The molecule has 3 heterocycles. The molecule has 0 radical (unpaired) electrons. The number of ether oxygens (including phenoxy) is 2. The third kappa shape index (κ3) is 4.23. The molecule has 7 nitrogen and oxygen atoms in total. The van der Waals surface area contributed by atoms with Crippen molar-refractivity contribution in [2.45, 2.75) is 24.5 Å². The van der Waals surface area contributed by atoms with Gasteiger partial charge in [-0.3, -0.25) is 4.68 Å². The minimum absolute atomic E-state index is 0.354. The summed E-state index contributed by atoms with van der Waals surface area (Å²) in [7, 11) is 3.09. The number of rotatable bonds is 7. The number of hydrogen-bond acceptors (Lipinski definition) is 7. The lowest BCUT2D eigenvalue weighted by atomic mass is 10.1. The van der Waals surface area contributed by atoms with Gasteiger partial charge >= 0.3 is 0 Å². The van der Waals surface area contributed by atoms with Crippen LogP contribution in [0.3, 0.4) is 0 Å².